The molecule has 2 N–H and O–H groups in total. The summed E-state index contributed by atoms with van der Waals surface area (Å²) in [5.41, 5.74) is -4.31. The monoisotopic (exact) mass is 460 g/mol. The molecule has 0 bridgehead atoms. The van der Waals surface area contributed by atoms with Crippen molar-refractivity contribution >= 4 is 11.8 Å². The molecule has 0 aromatic carbocycles. The normalized spacial score (nSPS) is 56.3. The predicted molar refractivity (Wildman–Crippen MR) is 112 cm³/mol. The number of aliphatic hydroxyl groups excluding tert-OH is 1. The minimum absolute atomic E-state index is 0.0718. The molecule has 8 heteroatoms. The summed E-state index contributed by atoms with van der Waals surface area (Å²) in [6.45, 7) is 11.0. The highest BCUT2D eigenvalue weighted by atomic mass is 16.7. The number of ketones is 1. The fraction of sp³-hybridized carbons (Fsp3) is 0.760. The largest absolute Gasteiger partial charge is 0.472 e. The Morgan fingerprint density at radius 3 is 2.39 bits per heavy atom. The lowest BCUT2D eigenvalue weighted by Gasteiger charge is -2.66. The van der Waals surface area contributed by atoms with Crippen molar-refractivity contribution in [2.45, 2.75) is 89.7 Å². The molecule has 180 valence electrons. The molecule has 5 aliphatic rings. The van der Waals surface area contributed by atoms with Crippen molar-refractivity contribution in [1.82, 2.24) is 0 Å². The molecule has 10 atom stereocenters. The van der Waals surface area contributed by atoms with Gasteiger partial charge in [-0.05, 0) is 40.2 Å². The van der Waals surface area contributed by atoms with Crippen molar-refractivity contribution < 1.29 is 38.4 Å². The van der Waals surface area contributed by atoms with E-state index in [2.05, 4.69) is 0 Å². The average Bonchev–Trinajstić information content (AvgIpc) is 3.23. The molecular formula is C25H32O8. The second-order valence-corrected chi connectivity index (χ2v) is 12.1. The van der Waals surface area contributed by atoms with Crippen LogP contribution in [0, 0.1) is 28.1 Å². The molecule has 2 saturated carbocycles. The van der Waals surface area contributed by atoms with Gasteiger partial charge in [0.15, 0.2) is 11.9 Å². The van der Waals surface area contributed by atoms with E-state index < -0.39 is 63.4 Å². The maximum atomic E-state index is 14.1. The molecule has 1 aromatic rings. The highest BCUT2D eigenvalue weighted by Gasteiger charge is 2.91. The molecule has 0 radical (unpaired) electrons. The van der Waals surface area contributed by atoms with Gasteiger partial charge < -0.3 is 28.8 Å². The molecule has 3 saturated heterocycles. The molecule has 0 amide bonds. The van der Waals surface area contributed by atoms with Gasteiger partial charge in [-0.15, -0.1) is 0 Å². The Kier molecular flexibility index (Phi) is 3.78. The molecular weight excluding hydrogens is 428 g/mol. The number of carbonyl (C=O) groups excluding carboxylic acids is 2. The maximum Gasteiger partial charge on any atom is 0.339 e. The minimum Gasteiger partial charge on any atom is -0.472 e. The topological polar surface area (TPSA) is 119 Å². The fourth-order valence-corrected chi connectivity index (χ4v) is 9.06. The van der Waals surface area contributed by atoms with Gasteiger partial charge in [-0.3, -0.25) is 4.79 Å². The summed E-state index contributed by atoms with van der Waals surface area (Å²) in [6.07, 6.45) is 0.855. The third-order valence-corrected chi connectivity index (χ3v) is 10.4. The summed E-state index contributed by atoms with van der Waals surface area (Å²) >= 11 is 0. The predicted octanol–water partition coefficient (Wildman–Crippen LogP) is 2.52. The summed E-state index contributed by atoms with van der Waals surface area (Å²) in [4.78, 5) is 27.2. The van der Waals surface area contributed by atoms with Crippen LogP contribution < -0.4 is 0 Å². The summed E-state index contributed by atoms with van der Waals surface area (Å²) in [7, 11) is 0. The zero-order valence-corrected chi connectivity index (χ0v) is 19.9. The van der Waals surface area contributed by atoms with Gasteiger partial charge in [-0.2, -0.15) is 0 Å². The number of furan rings is 1. The van der Waals surface area contributed by atoms with E-state index in [0.717, 1.165) is 0 Å². The van der Waals surface area contributed by atoms with E-state index in [4.69, 9.17) is 18.6 Å². The van der Waals surface area contributed by atoms with E-state index in [1.54, 1.807) is 13.0 Å². The molecule has 3 aliphatic heterocycles. The van der Waals surface area contributed by atoms with Gasteiger partial charge >= 0.3 is 5.97 Å². The van der Waals surface area contributed by atoms with Crippen LogP contribution in [-0.4, -0.2) is 51.2 Å². The number of hydrogen-bond donors (Lipinski definition) is 2. The van der Waals surface area contributed by atoms with Gasteiger partial charge in [0.25, 0.3) is 0 Å². The van der Waals surface area contributed by atoms with E-state index >= 15 is 0 Å². The van der Waals surface area contributed by atoms with Gasteiger partial charge in [0, 0.05) is 34.7 Å². The van der Waals surface area contributed by atoms with E-state index in [-0.39, 0.29) is 24.5 Å². The van der Waals surface area contributed by atoms with Crippen LogP contribution >= 0.6 is 0 Å². The molecule has 5 fully saturated rings. The number of carbonyl (C=O) groups is 2. The quantitative estimate of drug-likeness (QED) is 0.485. The van der Waals surface area contributed by atoms with Gasteiger partial charge in [0.05, 0.1) is 29.6 Å². The number of rotatable bonds is 1. The summed E-state index contributed by atoms with van der Waals surface area (Å²) in [5, 5.41) is 23.3. The highest BCUT2D eigenvalue weighted by Crippen LogP contribution is 2.80. The van der Waals surface area contributed by atoms with E-state index in [9.17, 15) is 19.8 Å². The van der Waals surface area contributed by atoms with Crippen LogP contribution in [0.5, 0.6) is 0 Å². The van der Waals surface area contributed by atoms with Crippen LogP contribution in [0.2, 0.25) is 0 Å². The Labute approximate surface area is 192 Å². The van der Waals surface area contributed by atoms with Gasteiger partial charge in [0.1, 0.15) is 17.5 Å². The Morgan fingerprint density at radius 2 is 1.76 bits per heavy atom. The Morgan fingerprint density at radius 1 is 1.06 bits per heavy atom. The Balaban J connectivity index is 1.58. The lowest BCUT2D eigenvalue weighted by molar-refractivity contribution is -0.289. The van der Waals surface area contributed by atoms with Crippen molar-refractivity contribution in [1.29, 1.82) is 0 Å². The molecule has 1 spiro atoms. The van der Waals surface area contributed by atoms with E-state index in [0.29, 0.717) is 5.56 Å². The van der Waals surface area contributed by atoms with E-state index in [1.165, 1.54) is 12.5 Å². The van der Waals surface area contributed by atoms with Crippen LogP contribution in [0.25, 0.3) is 0 Å². The minimum atomic E-state index is -1.58. The number of cyclic esters (lactones) is 1. The summed E-state index contributed by atoms with van der Waals surface area (Å²) < 4.78 is 23.5. The third-order valence-electron chi connectivity index (χ3n) is 10.4. The lowest BCUT2D eigenvalue weighted by Crippen LogP contribution is -2.75. The van der Waals surface area contributed by atoms with Crippen LogP contribution in [0.4, 0.5) is 0 Å². The number of epoxide rings is 1. The first-order valence-corrected chi connectivity index (χ1v) is 11.7. The maximum absolute atomic E-state index is 14.1. The standard InChI is InChI=1S/C25H32O8/c1-20(2)14-9-15(27)23(5)16(22(14,4)24(6,29)33-20)13(26)10-21(3)17(12-7-8-30-11-12)31-19(28)18-25(21,23)32-18/h7-8,11,13-14,16-18,26,29H,9-10H2,1-6H3/t13-,14?,16?,17-,18+,21-,22-,23+,24-,25+/m0/s1. The third kappa shape index (κ3) is 2.06. The summed E-state index contributed by atoms with van der Waals surface area (Å²) in [6, 6.07) is 1.73. The number of esters is 1. The van der Waals surface area contributed by atoms with Crippen molar-refractivity contribution in [2.75, 3.05) is 0 Å². The molecule has 4 heterocycles. The first-order valence-electron chi connectivity index (χ1n) is 11.7. The number of ether oxygens (including phenoxy) is 3. The van der Waals surface area contributed by atoms with Gasteiger partial charge in [0.2, 0.25) is 0 Å². The first-order chi connectivity index (χ1) is 15.2. The second kappa shape index (κ2) is 5.73. The molecule has 2 unspecified atom stereocenters. The van der Waals surface area contributed by atoms with Crippen LogP contribution in [-0.2, 0) is 23.8 Å². The molecule has 6 rings (SSSR count). The molecule has 8 nitrogen and oxygen atoms in total. The smallest absolute Gasteiger partial charge is 0.339 e. The van der Waals surface area contributed by atoms with Crippen LogP contribution in [0.1, 0.15) is 66.1 Å². The van der Waals surface area contributed by atoms with Gasteiger partial charge in [-0.25, -0.2) is 4.79 Å². The second-order valence-electron chi connectivity index (χ2n) is 12.1. The Bertz CT molecular complexity index is 1060. The molecule has 33 heavy (non-hydrogen) atoms. The molecule has 2 aliphatic carbocycles. The lowest BCUT2D eigenvalue weighted by atomic mass is 9.36. The Hall–Kier alpha value is -1.74. The average molecular weight is 461 g/mol. The number of fused-ring (bicyclic) bond motifs is 3. The van der Waals surface area contributed by atoms with Crippen LogP contribution in [0.3, 0.4) is 0 Å². The fourth-order valence-electron chi connectivity index (χ4n) is 9.06. The first kappa shape index (κ1) is 21.8. The van der Waals surface area contributed by atoms with Gasteiger partial charge in [-0.1, -0.05) is 13.8 Å². The number of aliphatic hydroxyl groups is 2. The van der Waals surface area contributed by atoms with Crippen molar-refractivity contribution in [3.63, 3.8) is 0 Å². The number of hydrogen-bond acceptors (Lipinski definition) is 8. The van der Waals surface area contributed by atoms with Crippen LogP contribution in [0.15, 0.2) is 23.0 Å². The highest BCUT2D eigenvalue weighted by molar-refractivity contribution is 5.93. The van der Waals surface area contributed by atoms with Crippen molar-refractivity contribution in [2.24, 2.45) is 28.1 Å². The SMILES string of the molecule is CC1(C)O[C@](C)(O)[C@@]2(C)C1CC(=O)[C@]1(C)C2[C@@H](O)C[C@@]2(C)[C@H](c3ccoc3)OC(=O)[C@H]3O[C@]321. The zero-order chi connectivity index (χ0) is 24.0. The van der Waals surface area contributed by atoms with E-state index in [1.807, 2.05) is 34.6 Å². The van der Waals surface area contributed by atoms with Crippen molar-refractivity contribution in [3.05, 3.63) is 24.2 Å². The molecule has 1 aromatic heterocycles. The summed E-state index contributed by atoms with van der Waals surface area (Å²) in [5.74, 6) is -3.15. The van der Waals surface area contributed by atoms with Crippen molar-refractivity contribution in [3.8, 4) is 0 Å². The number of Topliss-reactive ketones (excluding diaryl/α,β-unsaturated/α-hetero) is 1. The zero-order valence-electron chi connectivity index (χ0n) is 19.9.